The van der Waals surface area contributed by atoms with Gasteiger partial charge in [-0.3, -0.25) is 9.59 Å². The fourth-order valence-corrected chi connectivity index (χ4v) is 3.44. The van der Waals surface area contributed by atoms with Gasteiger partial charge in [-0.2, -0.15) is 5.26 Å². The summed E-state index contributed by atoms with van der Waals surface area (Å²) in [6.07, 6.45) is 1.34. The number of carbonyl (C=O) groups is 2. The average molecular weight is 524 g/mol. The molecule has 0 aromatic heterocycles. The average Bonchev–Trinajstić information content (AvgIpc) is 2.89. The van der Waals surface area contributed by atoms with Gasteiger partial charge in [0.05, 0.1) is 24.4 Å². The van der Waals surface area contributed by atoms with E-state index >= 15 is 0 Å². The number of benzene rings is 3. The van der Waals surface area contributed by atoms with E-state index in [0.717, 1.165) is 0 Å². The number of ether oxygens (including phenoxy) is 3. The monoisotopic (exact) mass is 523 g/mol. The molecule has 0 radical (unpaired) electrons. The second-order valence-corrected chi connectivity index (χ2v) is 7.84. The number of nitrogens with one attached hydrogen (secondary N) is 2. The van der Waals surface area contributed by atoms with E-state index in [4.69, 9.17) is 25.8 Å². The van der Waals surface area contributed by atoms with Crippen LogP contribution in [0.15, 0.2) is 66.2 Å². The van der Waals surface area contributed by atoms with E-state index in [1.54, 1.807) is 30.3 Å². The molecule has 0 aliphatic heterocycles. The van der Waals surface area contributed by atoms with Crippen LogP contribution in [0.1, 0.15) is 12.5 Å². The fourth-order valence-electron chi connectivity index (χ4n) is 3.16. The normalized spacial score (nSPS) is 10.7. The van der Waals surface area contributed by atoms with Crippen LogP contribution in [0, 0.1) is 17.1 Å². The smallest absolute Gasteiger partial charge is 0.266 e. The molecule has 190 valence electrons. The van der Waals surface area contributed by atoms with E-state index in [-0.39, 0.29) is 27.8 Å². The van der Waals surface area contributed by atoms with E-state index in [0.29, 0.717) is 23.6 Å². The second kappa shape index (κ2) is 13.0. The molecule has 8 nitrogen and oxygen atoms in total. The Morgan fingerprint density at radius 2 is 1.81 bits per heavy atom. The summed E-state index contributed by atoms with van der Waals surface area (Å²) in [7, 11) is 1.37. The van der Waals surface area contributed by atoms with Crippen LogP contribution in [0.5, 0.6) is 17.2 Å². The molecule has 0 atom stereocenters. The number of nitrogens with zero attached hydrogens (tertiary/aromatic N) is 1. The summed E-state index contributed by atoms with van der Waals surface area (Å²) in [4.78, 5) is 24.8. The van der Waals surface area contributed by atoms with Gasteiger partial charge in [0.1, 0.15) is 23.2 Å². The van der Waals surface area contributed by atoms with Crippen molar-refractivity contribution in [3.8, 4) is 23.3 Å². The zero-order chi connectivity index (χ0) is 26.8. The molecule has 3 rings (SSSR count). The molecule has 10 heteroatoms. The van der Waals surface area contributed by atoms with Crippen molar-refractivity contribution in [1.82, 2.24) is 0 Å². The van der Waals surface area contributed by atoms with Gasteiger partial charge >= 0.3 is 0 Å². The molecular weight excluding hydrogens is 501 g/mol. The molecule has 2 N–H and O–H groups in total. The molecular formula is C27H23ClFN3O5. The first kappa shape index (κ1) is 27.0. The SMILES string of the molecule is CCOc1ccc(NC(=O)/C(C#N)=C/c2cc(Cl)c(OCC(=O)Nc3ccccc3F)c(OC)c2)cc1. The lowest BCUT2D eigenvalue weighted by molar-refractivity contribution is -0.118. The van der Waals surface area contributed by atoms with Crippen molar-refractivity contribution < 1.29 is 28.2 Å². The van der Waals surface area contributed by atoms with Gasteiger partial charge in [0.25, 0.3) is 11.8 Å². The summed E-state index contributed by atoms with van der Waals surface area (Å²) in [6, 6.07) is 17.3. The van der Waals surface area contributed by atoms with Gasteiger partial charge in [-0.25, -0.2) is 4.39 Å². The number of nitriles is 1. The largest absolute Gasteiger partial charge is 0.494 e. The number of rotatable bonds is 10. The Labute approximate surface area is 218 Å². The third-order valence-corrected chi connectivity index (χ3v) is 5.13. The minimum Gasteiger partial charge on any atom is -0.494 e. The minimum absolute atomic E-state index is 0.0159. The Morgan fingerprint density at radius 1 is 1.08 bits per heavy atom. The van der Waals surface area contributed by atoms with Gasteiger partial charge < -0.3 is 24.8 Å². The van der Waals surface area contributed by atoms with Crippen LogP contribution < -0.4 is 24.8 Å². The fraction of sp³-hybridized carbons (Fsp3) is 0.148. The first-order chi connectivity index (χ1) is 17.8. The highest BCUT2D eigenvalue weighted by atomic mass is 35.5. The summed E-state index contributed by atoms with van der Waals surface area (Å²) in [5, 5.41) is 14.7. The summed E-state index contributed by atoms with van der Waals surface area (Å²) in [5.74, 6) is -0.909. The standard InChI is InChI=1S/C27H23ClFN3O5/c1-3-36-20-10-8-19(9-11-20)31-27(34)18(15-30)12-17-13-21(28)26(24(14-17)35-2)37-16-25(33)32-23-7-5-4-6-22(23)29/h4-14H,3,16H2,1-2H3,(H,31,34)(H,32,33)/b18-12+. The first-order valence-electron chi connectivity index (χ1n) is 11.0. The number of hydrogen-bond acceptors (Lipinski definition) is 6. The van der Waals surface area contributed by atoms with Crippen molar-refractivity contribution in [3.63, 3.8) is 0 Å². The third-order valence-electron chi connectivity index (χ3n) is 4.85. The van der Waals surface area contributed by atoms with Crippen LogP contribution in [-0.4, -0.2) is 32.1 Å². The number of amides is 2. The van der Waals surface area contributed by atoms with Crippen molar-refractivity contribution in [2.24, 2.45) is 0 Å². The Balaban J connectivity index is 1.72. The van der Waals surface area contributed by atoms with E-state index in [1.165, 1.54) is 43.5 Å². The molecule has 37 heavy (non-hydrogen) atoms. The quantitative estimate of drug-likeness (QED) is 0.270. The predicted octanol–water partition coefficient (Wildman–Crippen LogP) is 5.45. The maximum absolute atomic E-state index is 13.7. The summed E-state index contributed by atoms with van der Waals surface area (Å²) in [5.41, 5.74) is 0.721. The molecule has 0 saturated heterocycles. The highest BCUT2D eigenvalue weighted by molar-refractivity contribution is 6.32. The number of para-hydroxylation sites is 1. The molecule has 0 heterocycles. The van der Waals surface area contributed by atoms with Crippen LogP contribution in [0.2, 0.25) is 5.02 Å². The van der Waals surface area contributed by atoms with Crippen LogP contribution in [-0.2, 0) is 9.59 Å². The Morgan fingerprint density at radius 3 is 2.46 bits per heavy atom. The van der Waals surface area contributed by atoms with Gasteiger partial charge in [0.2, 0.25) is 0 Å². The summed E-state index contributed by atoms with van der Waals surface area (Å²) in [6.45, 7) is 1.92. The molecule has 0 aliphatic rings. The van der Waals surface area contributed by atoms with Gasteiger partial charge in [0, 0.05) is 5.69 Å². The van der Waals surface area contributed by atoms with Crippen molar-refractivity contribution in [3.05, 3.63) is 82.6 Å². The molecule has 0 aliphatic carbocycles. The van der Waals surface area contributed by atoms with Crippen molar-refractivity contribution in [1.29, 1.82) is 5.26 Å². The Hall–Kier alpha value is -4.55. The Bertz CT molecular complexity index is 1350. The van der Waals surface area contributed by atoms with Gasteiger partial charge in [-0.15, -0.1) is 0 Å². The maximum Gasteiger partial charge on any atom is 0.266 e. The first-order valence-corrected chi connectivity index (χ1v) is 11.4. The molecule has 0 fully saturated rings. The maximum atomic E-state index is 13.7. The Kier molecular flexibility index (Phi) is 9.47. The molecule has 0 saturated carbocycles. The lowest BCUT2D eigenvalue weighted by atomic mass is 10.1. The molecule has 2 amide bonds. The van der Waals surface area contributed by atoms with Crippen LogP contribution >= 0.6 is 11.6 Å². The van der Waals surface area contributed by atoms with Crippen molar-refractivity contribution in [2.45, 2.75) is 6.92 Å². The minimum atomic E-state index is -0.619. The summed E-state index contributed by atoms with van der Waals surface area (Å²) < 4.78 is 29.9. The van der Waals surface area contributed by atoms with Crippen molar-refractivity contribution >= 4 is 40.9 Å². The summed E-state index contributed by atoms with van der Waals surface area (Å²) >= 11 is 6.34. The van der Waals surface area contributed by atoms with E-state index in [9.17, 15) is 19.2 Å². The van der Waals surface area contributed by atoms with Crippen LogP contribution in [0.4, 0.5) is 15.8 Å². The van der Waals surface area contributed by atoms with Gasteiger partial charge in [-0.05, 0) is 67.1 Å². The molecule has 3 aromatic carbocycles. The number of carbonyl (C=O) groups excluding carboxylic acids is 2. The van der Waals surface area contributed by atoms with Gasteiger partial charge in [-0.1, -0.05) is 23.7 Å². The molecule has 0 spiro atoms. The van der Waals surface area contributed by atoms with E-state index in [2.05, 4.69) is 10.6 Å². The molecule has 3 aromatic rings. The number of methoxy groups -OCH3 is 1. The third kappa shape index (κ3) is 7.46. The number of halogens is 2. The highest BCUT2D eigenvalue weighted by Crippen LogP contribution is 2.37. The van der Waals surface area contributed by atoms with E-state index in [1.807, 2.05) is 13.0 Å². The van der Waals surface area contributed by atoms with Gasteiger partial charge in [0.15, 0.2) is 18.1 Å². The second-order valence-electron chi connectivity index (χ2n) is 7.43. The van der Waals surface area contributed by atoms with Crippen molar-refractivity contribution in [2.75, 3.05) is 31.0 Å². The molecule has 0 bridgehead atoms. The predicted molar refractivity (Wildman–Crippen MR) is 138 cm³/mol. The highest BCUT2D eigenvalue weighted by Gasteiger charge is 2.16. The zero-order valence-corrected chi connectivity index (χ0v) is 20.8. The lowest BCUT2D eigenvalue weighted by Gasteiger charge is -2.14. The van der Waals surface area contributed by atoms with E-state index < -0.39 is 24.2 Å². The number of anilines is 2. The lowest BCUT2D eigenvalue weighted by Crippen LogP contribution is -2.21. The van der Waals surface area contributed by atoms with Crippen LogP contribution in [0.3, 0.4) is 0 Å². The number of hydrogen-bond donors (Lipinski definition) is 2. The van der Waals surface area contributed by atoms with Crippen LogP contribution in [0.25, 0.3) is 6.08 Å². The molecule has 0 unspecified atom stereocenters. The topological polar surface area (TPSA) is 110 Å². The zero-order valence-electron chi connectivity index (χ0n) is 20.0.